The van der Waals surface area contributed by atoms with Crippen molar-refractivity contribution in [1.29, 1.82) is 0 Å². The Hall–Kier alpha value is -2.55. The number of allylic oxidation sites excluding steroid dienone is 1. The molecule has 1 aliphatic rings. The van der Waals surface area contributed by atoms with Crippen LogP contribution in [0.2, 0.25) is 0 Å². The summed E-state index contributed by atoms with van der Waals surface area (Å²) < 4.78 is 0. The number of carboxylic acid groups (broad SMARTS) is 1. The van der Waals surface area contributed by atoms with Crippen molar-refractivity contribution in [2.45, 2.75) is 57.8 Å². The fourth-order valence-corrected chi connectivity index (χ4v) is 3.93. The average molecular weight is 364 g/mol. The monoisotopic (exact) mass is 364 g/mol. The van der Waals surface area contributed by atoms with Gasteiger partial charge in [-0.1, -0.05) is 64.1 Å². The van der Waals surface area contributed by atoms with Gasteiger partial charge in [0.1, 0.15) is 11.3 Å². The third-order valence-corrected chi connectivity index (χ3v) is 5.83. The van der Waals surface area contributed by atoms with Crippen LogP contribution < -0.4 is 0 Å². The van der Waals surface area contributed by atoms with Crippen molar-refractivity contribution < 1.29 is 15.0 Å². The van der Waals surface area contributed by atoms with Crippen LogP contribution in [0.25, 0.3) is 6.08 Å². The summed E-state index contributed by atoms with van der Waals surface area (Å²) in [5.41, 5.74) is 5.31. The van der Waals surface area contributed by atoms with E-state index in [1.165, 1.54) is 41.7 Å². The Kier molecular flexibility index (Phi) is 4.90. The zero-order valence-electron chi connectivity index (χ0n) is 16.5. The number of fused-ring (bicyclic) bond motifs is 1. The van der Waals surface area contributed by atoms with Crippen LogP contribution in [0, 0.1) is 0 Å². The van der Waals surface area contributed by atoms with E-state index in [1.807, 2.05) is 6.08 Å². The molecule has 0 radical (unpaired) electrons. The van der Waals surface area contributed by atoms with E-state index in [0.29, 0.717) is 0 Å². The van der Waals surface area contributed by atoms with Gasteiger partial charge in [0.15, 0.2) is 0 Å². The van der Waals surface area contributed by atoms with Crippen LogP contribution in [0.5, 0.6) is 5.75 Å². The standard InChI is InChI=1S/C24H28O3/c1-23(2)12-13-24(3,4)20-14-16(9-11-19(20)23)6-5-7-17-8-10-18(22(26)27)21(25)15-17/h5,7-11,14-15,25H,6,12-13H2,1-4H3,(H,26,27). The second kappa shape index (κ2) is 6.88. The molecule has 142 valence electrons. The summed E-state index contributed by atoms with van der Waals surface area (Å²) in [7, 11) is 0. The minimum Gasteiger partial charge on any atom is -0.507 e. The van der Waals surface area contributed by atoms with Gasteiger partial charge in [-0.05, 0) is 64.5 Å². The third-order valence-electron chi connectivity index (χ3n) is 5.83. The second-order valence-corrected chi connectivity index (χ2v) is 8.84. The first-order valence-corrected chi connectivity index (χ1v) is 9.47. The molecule has 2 aromatic carbocycles. The fourth-order valence-electron chi connectivity index (χ4n) is 3.93. The van der Waals surface area contributed by atoms with Crippen molar-refractivity contribution in [2.24, 2.45) is 0 Å². The highest BCUT2D eigenvalue weighted by Gasteiger charge is 2.36. The molecule has 0 unspecified atom stereocenters. The number of carbonyl (C=O) groups is 1. The Balaban J connectivity index is 1.80. The molecule has 1 aliphatic carbocycles. The number of phenols is 1. The first kappa shape index (κ1) is 19.2. The minimum absolute atomic E-state index is 0.0771. The Morgan fingerprint density at radius 3 is 2.30 bits per heavy atom. The summed E-state index contributed by atoms with van der Waals surface area (Å²) in [6.07, 6.45) is 7.17. The topological polar surface area (TPSA) is 57.5 Å². The Morgan fingerprint density at radius 1 is 1.00 bits per heavy atom. The van der Waals surface area contributed by atoms with Gasteiger partial charge in [-0.15, -0.1) is 0 Å². The zero-order chi connectivity index (χ0) is 19.8. The van der Waals surface area contributed by atoms with Crippen LogP contribution in [-0.2, 0) is 17.3 Å². The minimum atomic E-state index is -1.12. The summed E-state index contributed by atoms with van der Waals surface area (Å²) in [5.74, 6) is -1.33. The summed E-state index contributed by atoms with van der Waals surface area (Å²) in [6, 6.07) is 11.5. The molecule has 3 rings (SSSR count). The van der Waals surface area contributed by atoms with E-state index in [2.05, 4.69) is 52.0 Å². The molecule has 0 aliphatic heterocycles. The van der Waals surface area contributed by atoms with Gasteiger partial charge >= 0.3 is 5.97 Å². The van der Waals surface area contributed by atoms with Crippen LogP contribution in [0.1, 0.15) is 73.1 Å². The molecule has 27 heavy (non-hydrogen) atoms. The Bertz CT molecular complexity index is 904. The molecule has 0 bridgehead atoms. The number of aromatic hydroxyl groups is 1. The lowest BCUT2D eigenvalue weighted by atomic mass is 9.63. The van der Waals surface area contributed by atoms with Crippen molar-refractivity contribution in [3.8, 4) is 5.75 Å². The molecule has 3 nitrogen and oxygen atoms in total. The lowest BCUT2D eigenvalue weighted by Crippen LogP contribution is -2.33. The average Bonchev–Trinajstić information content (AvgIpc) is 2.59. The SMILES string of the molecule is CC1(C)CCC(C)(C)c2cc(CC=Cc3ccc(C(=O)O)c(O)c3)ccc21. The van der Waals surface area contributed by atoms with Gasteiger partial charge < -0.3 is 10.2 Å². The molecular formula is C24H28O3. The van der Waals surface area contributed by atoms with E-state index in [9.17, 15) is 9.90 Å². The molecular weight excluding hydrogens is 336 g/mol. The van der Waals surface area contributed by atoms with E-state index in [1.54, 1.807) is 6.07 Å². The smallest absolute Gasteiger partial charge is 0.339 e. The zero-order valence-corrected chi connectivity index (χ0v) is 16.5. The number of aromatic carboxylic acids is 1. The van der Waals surface area contributed by atoms with Crippen molar-refractivity contribution >= 4 is 12.0 Å². The number of hydrogen-bond donors (Lipinski definition) is 2. The molecule has 3 heteroatoms. The maximum absolute atomic E-state index is 11.0. The van der Waals surface area contributed by atoms with Crippen molar-refractivity contribution in [1.82, 2.24) is 0 Å². The summed E-state index contributed by atoms with van der Waals surface area (Å²) >= 11 is 0. The number of hydrogen-bond acceptors (Lipinski definition) is 2. The molecule has 0 amide bonds. The molecule has 0 saturated carbocycles. The maximum Gasteiger partial charge on any atom is 0.339 e. The first-order chi connectivity index (χ1) is 12.6. The lowest BCUT2D eigenvalue weighted by molar-refractivity contribution is 0.0693. The number of rotatable bonds is 4. The molecule has 0 spiro atoms. The van der Waals surface area contributed by atoms with Gasteiger partial charge in [0, 0.05) is 0 Å². The van der Waals surface area contributed by atoms with E-state index >= 15 is 0 Å². The highest BCUT2D eigenvalue weighted by atomic mass is 16.4. The van der Waals surface area contributed by atoms with Crippen LogP contribution in [0.15, 0.2) is 42.5 Å². The molecule has 0 atom stereocenters. The predicted molar refractivity (Wildman–Crippen MR) is 110 cm³/mol. The summed E-state index contributed by atoms with van der Waals surface area (Å²) in [6.45, 7) is 9.31. The Morgan fingerprint density at radius 2 is 1.67 bits per heavy atom. The highest BCUT2D eigenvalue weighted by Crippen LogP contribution is 2.45. The second-order valence-electron chi connectivity index (χ2n) is 8.84. The van der Waals surface area contributed by atoms with Gasteiger partial charge in [-0.3, -0.25) is 0 Å². The van der Waals surface area contributed by atoms with Crippen molar-refractivity contribution in [2.75, 3.05) is 0 Å². The van der Waals surface area contributed by atoms with E-state index in [0.717, 1.165) is 12.0 Å². The van der Waals surface area contributed by atoms with Gasteiger partial charge in [-0.2, -0.15) is 0 Å². The maximum atomic E-state index is 11.0. The van der Waals surface area contributed by atoms with Crippen molar-refractivity contribution in [3.05, 3.63) is 70.3 Å². The summed E-state index contributed by atoms with van der Waals surface area (Å²) in [4.78, 5) is 11.0. The molecule has 0 fully saturated rings. The van der Waals surface area contributed by atoms with E-state index < -0.39 is 5.97 Å². The Labute approximate surface area is 161 Å². The van der Waals surface area contributed by atoms with Gasteiger partial charge in [0.25, 0.3) is 0 Å². The fraction of sp³-hybridized carbons (Fsp3) is 0.375. The summed E-state index contributed by atoms with van der Waals surface area (Å²) in [5, 5.41) is 18.8. The normalized spacial score (nSPS) is 17.6. The van der Waals surface area contributed by atoms with Gasteiger partial charge in [-0.25, -0.2) is 4.79 Å². The first-order valence-electron chi connectivity index (χ1n) is 9.47. The highest BCUT2D eigenvalue weighted by molar-refractivity contribution is 5.91. The van der Waals surface area contributed by atoms with Crippen LogP contribution in [-0.4, -0.2) is 16.2 Å². The lowest BCUT2D eigenvalue weighted by Gasteiger charge is -2.42. The van der Waals surface area contributed by atoms with Gasteiger partial charge in [0.05, 0.1) is 0 Å². The molecule has 2 aromatic rings. The van der Waals surface area contributed by atoms with Crippen LogP contribution >= 0.6 is 0 Å². The number of carboxylic acids is 1. The number of benzene rings is 2. The van der Waals surface area contributed by atoms with E-state index in [4.69, 9.17) is 5.11 Å². The molecule has 0 saturated heterocycles. The molecule has 2 N–H and O–H groups in total. The molecule has 0 aromatic heterocycles. The largest absolute Gasteiger partial charge is 0.507 e. The quantitative estimate of drug-likeness (QED) is 0.732. The van der Waals surface area contributed by atoms with E-state index in [-0.39, 0.29) is 22.1 Å². The van der Waals surface area contributed by atoms with Crippen molar-refractivity contribution in [3.63, 3.8) is 0 Å². The van der Waals surface area contributed by atoms with Crippen LogP contribution in [0.3, 0.4) is 0 Å². The van der Waals surface area contributed by atoms with Gasteiger partial charge in [0.2, 0.25) is 0 Å². The predicted octanol–water partition coefficient (Wildman–Crippen LogP) is 5.70. The molecule has 0 heterocycles. The van der Waals surface area contributed by atoms with Crippen LogP contribution in [0.4, 0.5) is 0 Å². The third kappa shape index (κ3) is 3.92.